The number of hydrogen-bond acceptors (Lipinski definition) is 4. The van der Waals surface area contributed by atoms with Gasteiger partial charge >= 0.3 is 5.97 Å². The van der Waals surface area contributed by atoms with Gasteiger partial charge in [-0.25, -0.2) is 0 Å². The van der Waals surface area contributed by atoms with Crippen LogP contribution < -0.4 is 10.6 Å². The SMILES string of the molecule is Cc1cccc(NC(=O)COC(=O)CCC(=O)NC2CCCCC2)c1C. The van der Waals surface area contributed by atoms with E-state index in [2.05, 4.69) is 10.6 Å². The summed E-state index contributed by atoms with van der Waals surface area (Å²) in [5, 5.41) is 5.69. The van der Waals surface area contributed by atoms with E-state index >= 15 is 0 Å². The van der Waals surface area contributed by atoms with E-state index in [9.17, 15) is 14.4 Å². The maximum Gasteiger partial charge on any atom is 0.306 e. The second kappa shape index (κ2) is 9.94. The van der Waals surface area contributed by atoms with Crippen molar-refractivity contribution in [1.82, 2.24) is 5.32 Å². The summed E-state index contributed by atoms with van der Waals surface area (Å²) in [5.74, 6) is -1.06. The number of rotatable bonds is 7. The van der Waals surface area contributed by atoms with E-state index in [1.807, 2.05) is 26.0 Å². The number of ether oxygens (including phenoxy) is 1. The Morgan fingerprint density at radius 3 is 2.50 bits per heavy atom. The van der Waals surface area contributed by atoms with Crippen LogP contribution in [0.5, 0.6) is 0 Å². The Morgan fingerprint density at radius 1 is 1.04 bits per heavy atom. The fourth-order valence-electron chi connectivity index (χ4n) is 3.05. The van der Waals surface area contributed by atoms with E-state index in [-0.39, 0.29) is 31.4 Å². The van der Waals surface area contributed by atoms with E-state index in [0.717, 1.165) is 36.8 Å². The molecule has 0 heterocycles. The lowest BCUT2D eigenvalue weighted by molar-refractivity contribution is -0.148. The van der Waals surface area contributed by atoms with Crippen molar-refractivity contribution in [2.24, 2.45) is 0 Å². The molecule has 0 unspecified atom stereocenters. The molecule has 1 aliphatic carbocycles. The van der Waals surface area contributed by atoms with Crippen LogP contribution in [0.4, 0.5) is 5.69 Å². The van der Waals surface area contributed by atoms with Gasteiger partial charge in [0.2, 0.25) is 5.91 Å². The molecule has 6 nitrogen and oxygen atoms in total. The number of carbonyl (C=O) groups excluding carboxylic acids is 3. The molecule has 1 aromatic rings. The monoisotopic (exact) mass is 360 g/mol. The van der Waals surface area contributed by atoms with E-state index in [0.29, 0.717) is 5.69 Å². The summed E-state index contributed by atoms with van der Waals surface area (Å²) in [6.45, 7) is 3.53. The Labute approximate surface area is 154 Å². The minimum Gasteiger partial charge on any atom is -0.456 e. The van der Waals surface area contributed by atoms with Crippen molar-refractivity contribution < 1.29 is 19.1 Å². The highest BCUT2D eigenvalue weighted by atomic mass is 16.5. The molecular weight excluding hydrogens is 332 g/mol. The van der Waals surface area contributed by atoms with Crippen LogP contribution in [-0.4, -0.2) is 30.4 Å². The highest BCUT2D eigenvalue weighted by molar-refractivity contribution is 5.93. The number of aryl methyl sites for hydroxylation is 1. The molecule has 0 aromatic heterocycles. The predicted molar refractivity (Wildman–Crippen MR) is 99.8 cm³/mol. The lowest BCUT2D eigenvalue weighted by Gasteiger charge is -2.22. The zero-order chi connectivity index (χ0) is 18.9. The number of amides is 2. The summed E-state index contributed by atoms with van der Waals surface area (Å²) in [6, 6.07) is 5.85. The van der Waals surface area contributed by atoms with Gasteiger partial charge in [0.1, 0.15) is 0 Å². The maximum atomic E-state index is 11.9. The third kappa shape index (κ3) is 6.50. The highest BCUT2D eigenvalue weighted by Crippen LogP contribution is 2.18. The molecule has 1 aromatic carbocycles. The first-order chi connectivity index (χ1) is 12.5. The van der Waals surface area contributed by atoms with Gasteiger partial charge in [-0.2, -0.15) is 0 Å². The molecule has 2 N–H and O–H groups in total. The lowest BCUT2D eigenvalue weighted by Crippen LogP contribution is -2.36. The highest BCUT2D eigenvalue weighted by Gasteiger charge is 2.17. The van der Waals surface area contributed by atoms with E-state index in [1.165, 1.54) is 6.42 Å². The number of carbonyl (C=O) groups is 3. The maximum absolute atomic E-state index is 11.9. The minimum atomic E-state index is -0.542. The largest absolute Gasteiger partial charge is 0.456 e. The van der Waals surface area contributed by atoms with Crippen LogP contribution in [0.15, 0.2) is 18.2 Å². The van der Waals surface area contributed by atoms with Crippen LogP contribution in [0.2, 0.25) is 0 Å². The predicted octanol–water partition coefficient (Wildman–Crippen LogP) is 3.01. The summed E-state index contributed by atoms with van der Waals surface area (Å²) >= 11 is 0. The smallest absolute Gasteiger partial charge is 0.306 e. The molecule has 142 valence electrons. The number of benzene rings is 1. The molecule has 1 saturated carbocycles. The summed E-state index contributed by atoms with van der Waals surface area (Å²) in [4.78, 5) is 35.5. The van der Waals surface area contributed by atoms with E-state index < -0.39 is 11.9 Å². The van der Waals surface area contributed by atoms with Gasteiger partial charge in [0.05, 0.1) is 6.42 Å². The van der Waals surface area contributed by atoms with Crippen LogP contribution in [-0.2, 0) is 19.1 Å². The molecule has 2 amide bonds. The zero-order valence-electron chi connectivity index (χ0n) is 15.6. The quantitative estimate of drug-likeness (QED) is 0.732. The van der Waals surface area contributed by atoms with Crippen molar-refractivity contribution in [2.75, 3.05) is 11.9 Å². The topological polar surface area (TPSA) is 84.5 Å². The average Bonchev–Trinajstić information content (AvgIpc) is 2.63. The van der Waals surface area contributed by atoms with Gasteiger partial charge in [-0.3, -0.25) is 14.4 Å². The van der Waals surface area contributed by atoms with Crippen LogP contribution in [0.1, 0.15) is 56.1 Å². The van der Waals surface area contributed by atoms with Crippen LogP contribution >= 0.6 is 0 Å². The molecule has 2 rings (SSSR count). The molecule has 0 aliphatic heterocycles. The van der Waals surface area contributed by atoms with E-state index in [4.69, 9.17) is 4.74 Å². The lowest BCUT2D eigenvalue weighted by atomic mass is 9.95. The standard InChI is InChI=1S/C20H28N2O4/c1-14-7-6-10-17(15(14)2)22-19(24)13-26-20(25)12-11-18(23)21-16-8-4-3-5-9-16/h6-7,10,16H,3-5,8-9,11-13H2,1-2H3,(H,21,23)(H,22,24). The van der Waals surface area contributed by atoms with Gasteiger partial charge in [0.25, 0.3) is 5.91 Å². The van der Waals surface area contributed by atoms with Crippen molar-refractivity contribution >= 4 is 23.5 Å². The van der Waals surface area contributed by atoms with Crippen molar-refractivity contribution in [2.45, 2.75) is 64.8 Å². The molecule has 0 bridgehead atoms. The summed E-state index contributed by atoms with van der Waals surface area (Å²) in [6.07, 6.45) is 5.60. The third-order valence-corrected chi connectivity index (χ3v) is 4.77. The second-order valence-corrected chi connectivity index (χ2v) is 6.86. The van der Waals surface area contributed by atoms with Crippen LogP contribution in [0.3, 0.4) is 0 Å². The van der Waals surface area contributed by atoms with Gasteiger partial charge in [-0.1, -0.05) is 31.4 Å². The van der Waals surface area contributed by atoms with Gasteiger partial charge in [-0.15, -0.1) is 0 Å². The fraction of sp³-hybridized carbons (Fsp3) is 0.550. The molecule has 0 spiro atoms. The molecule has 0 atom stereocenters. The van der Waals surface area contributed by atoms with Crippen molar-refractivity contribution in [3.63, 3.8) is 0 Å². The Balaban J connectivity index is 1.65. The Kier molecular flexibility index (Phi) is 7.63. The first-order valence-electron chi connectivity index (χ1n) is 9.27. The summed E-state index contributed by atoms with van der Waals surface area (Å²) in [5.41, 5.74) is 2.76. The summed E-state index contributed by atoms with van der Waals surface area (Å²) in [7, 11) is 0. The van der Waals surface area contributed by atoms with Gasteiger partial charge < -0.3 is 15.4 Å². The van der Waals surface area contributed by atoms with Gasteiger partial charge in [0.15, 0.2) is 6.61 Å². The molecule has 1 aliphatic rings. The average molecular weight is 360 g/mol. The van der Waals surface area contributed by atoms with Gasteiger partial charge in [0, 0.05) is 18.2 Å². The molecule has 0 saturated heterocycles. The molecular formula is C20H28N2O4. The number of esters is 1. The first-order valence-corrected chi connectivity index (χ1v) is 9.27. The number of anilines is 1. The first kappa shape index (κ1) is 19.9. The molecule has 0 radical (unpaired) electrons. The second-order valence-electron chi connectivity index (χ2n) is 6.86. The Morgan fingerprint density at radius 2 is 1.77 bits per heavy atom. The molecule has 1 fully saturated rings. The fourth-order valence-corrected chi connectivity index (χ4v) is 3.05. The van der Waals surface area contributed by atoms with Crippen molar-refractivity contribution in [1.29, 1.82) is 0 Å². The van der Waals surface area contributed by atoms with Crippen molar-refractivity contribution in [3.8, 4) is 0 Å². The third-order valence-electron chi connectivity index (χ3n) is 4.77. The van der Waals surface area contributed by atoms with Crippen molar-refractivity contribution in [3.05, 3.63) is 29.3 Å². The van der Waals surface area contributed by atoms with Crippen LogP contribution in [0.25, 0.3) is 0 Å². The zero-order valence-corrected chi connectivity index (χ0v) is 15.6. The Bertz CT molecular complexity index is 651. The van der Waals surface area contributed by atoms with Gasteiger partial charge in [-0.05, 0) is 43.9 Å². The van der Waals surface area contributed by atoms with E-state index in [1.54, 1.807) is 6.07 Å². The number of hydrogen-bond donors (Lipinski definition) is 2. The minimum absolute atomic E-state index is 0.0185. The molecule has 6 heteroatoms. The van der Waals surface area contributed by atoms with Crippen LogP contribution in [0, 0.1) is 13.8 Å². The number of nitrogens with one attached hydrogen (secondary N) is 2. The Hall–Kier alpha value is -2.37. The normalized spacial score (nSPS) is 14.5. The molecule has 26 heavy (non-hydrogen) atoms. The summed E-state index contributed by atoms with van der Waals surface area (Å²) < 4.78 is 4.96.